The normalized spacial score (nSPS) is 27.4. The molecule has 16 heavy (non-hydrogen) atoms. The van der Waals surface area contributed by atoms with Crippen molar-refractivity contribution in [1.29, 1.82) is 0 Å². The van der Waals surface area contributed by atoms with Gasteiger partial charge in [-0.05, 0) is 30.4 Å². The zero-order valence-corrected chi connectivity index (χ0v) is 9.64. The van der Waals surface area contributed by atoms with Crippen LogP contribution in [0.4, 0.5) is 0 Å². The Balaban J connectivity index is 2.57. The van der Waals surface area contributed by atoms with E-state index < -0.39 is 18.0 Å². The van der Waals surface area contributed by atoms with Crippen LogP contribution in [-0.2, 0) is 9.59 Å². The van der Waals surface area contributed by atoms with Crippen molar-refractivity contribution < 1.29 is 19.8 Å². The Morgan fingerprint density at radius 1 is 1.62 bits per heavy atom. The predicted octanol–water partition coefficient (Wildman–Crippen LogP) is 1.38. The summed E-state index contributed by atoms with van der Waals surface area (Å²) in [5.41, 5.74) is 0.582. The number of carboxylic acids is 1. The molecule has 0 radical (unpaired) electrons. The minimum absolute atomic E-state index is 0.0341. The second-order valence-electron chi connectivity index (χ2n) is 4.57. The molecular formula is C12H18O4. The molecule has 90 valence electrons. The number of carboxylic acid groups (broad SMARTS) is 1. The number of aliphatic carboxylic acids is 1. The Kier molecular flexibility index (Phi) is 4.24. The van der Waals surface area contributed by atoms with Crippen molar-refractivity contribution in [2.24, 2.45) is 11.8 Å². The van der Waals surface area contributed by atoms with Crippen LogP contribution < -0.4 is 0 Å². The number of carbonyl (C=O) groups excluding carboxylic acids is 1. The van der Waals surface area contributed by atoms with Crippen molar-refractivity contribution in [2.75, 3.05) is 0 Å². The van der Waals surface area contributed by atoms with Crippen LogP contribution in [0.25, 0.3) is 0 Å². The second-order valence-corrected chi connectivity index (χ2v) is 4.57. The molecule has 0 aromatic carbocycles. The maximum absolute atomic E-state index is 11.6. The Bertz CT molecular complexity index is 319. The van der Waals surface area contributed by atoms with Gasteiger partial charge in [0.2, 0.25) is 0 Å². The van der Waals surface area contributed by atoms with Crippen LogP contribution in [0, 0.1) is 11.8 Å². The van der Waals surface area contributed by atoms with Gasteiger partial charge >= 0.3 is 5.97 Å². The summed E-state index contributed by atoms with van der Waals surface area (Å²) in [5.74, 6) is -1.30. The summed E-state index contributed by atoms with van der Waals surface area (Å²) in [5, 5.41) is 18.3. The fourth-order valence-electron chi connectivity index (χ4n) is 1.73. The summed E-state index contributed by atoms with van der Waals surface area (Å²) in [6.45, 7) is 3.45. The lowest BCUT2D eigenvalue weighted by molar-refractivity contribution is -0.141. The van der Waals surface area contributed by atoms with Crippen LogP contribution in [-0.4, -0.2) is 28.1 Å². The number of rotatable bonds is 4. The zero-order valence-electron chi connectivity index (χ0n) is 9.64. The third-order valence-electron chi connectivity index (χ3n) is 3.09. The molecule has 0 fully saturated rings. The third kappa shape index (κ3) is 3.17. The second kappa shape index (κ2) is 5.25. The molecule has 4 heteroatoms. The highest BCUT2D eigenvalue weighted by Crippen LogP contribution is 2.24. The van der Waals surface area contributed by atoms with Crippen molar-refractivity contribution >= 4 is 11.8 Å². The van der Waals surface area contributed by atoms with Gasteiger partial charge < -0.3 is 10.2 Å². The van der Waals surface area contributed by atoms with Gasteiger partial charge in [0.05, 0.1) is 12.0 Å². The third-order valence-corrected chi connectivity index (χ3v) is 3.09. The Hall–Kier alpha value is -1.16. The average molecular weight is 226 g/mol. The van der Waals surface area contributed by atoms with Crippen LogP contribution in [0.2, 0.25) is 0 Å². The van der Waals surface area contributed by atoms with Crippen molar-refractivity contribution in [2.45, 2.75) is 39.2 Å². The molecule has 0 saturated heterocycles. The van der Waals surface area contributed by atoms with E-state index in [-0.39, 0.29) is 11.7 Å². The summed E-state index contributed by atoms with van der Waals surface area (Å²) < 4.78 is 0. The molecule has 0 bridgehead atoms. The fraction of sp³-hybridized carbons (Fsp3) is 0.667. The first kappa shape index (κ1) is 12.9. The SMILES string of the molecule is CC(CCC1=CC(O)C(C)CC1=O)C(=O)O. The molecule has 0 amide bonds. The van der Waals surface area contributed by atoms with E-state index >= 15 is 0 Å². The maximum atomic E-state index is 11.6. The molecule has 0 saturated carbocycles. The highest BCUT2D eigenvalue weighted by molar-refractivity contribution is 5.96. The van der Waals surface area contributed by atoms with Gasteiger partial charge in [-0.3, -0.25) is 9.59 Å². The van der Waals surface area contributed by atoms with E-state index in [0.29, 0.717) is 24.8 Å². The van der Waals surface area contributed by atoms with Crippen molar-refractivity contribution in [1.82, 2.24) is 0 Å². The summed E-state index contributed by atoms with van der Waals surface area (Å²) in [4.78, 5) is 22.2. The number of hydrogen-bond acceptors (Lipinski definition) is 3. The Morgan fingerprint density at radius 2 is 2.25 bits per heavy atom. The van der Waals surface area contributed by atoms with Gasteiger partial charge in [0.15, 0.2) is 5.78 Å². The number of carbonyl (C=O) groups is 2. The van der Waals surface area contributed by atoms with Gasteiger partial charge in [-0.15, -0.1) is 0 Å². The van der Waals surface area contributed by atoms with Crippen LogP contribution in [0.15, 0.2) is 11.6 Å². The van der Waals surface area contributed by atoms with E-state index in [9.17, 15) is 14.7 Å². The Morgan fingerprint density at radius 3 is 2.81 bits per heavy atom. The monoisotopic (exact) mass is 226 g/mol. The predicted molar refractivity (Wildman–Crippen MR) is 58.9 cm³/mol. The summed E-state index contributed by atoms with van der Waals surface area (Å²) in [6.07, 6.45) is 2.23. The van der Waals surface area contributed by atoms with Gasteiger partial charge in [-0.25, -0.2) is 0 Å². The van der Waals surface area contributed by atoms with E-state index in [0.717, 1.165) is 0 Å². The molecule has 3 atom stereocenters. The molecule has 2 N–H and O–H groups in total. The number of allylic oxidation sites excluding steroid dienone is 1. The number of ketones is 1. The Labute approximate surface area is 95.0 Å². The maximum Gasteiger partial charge on any atom is 0.306 e. The molecule has 1 aliphatic rings. The molecule has 0 aromatic heterocycles. The van der Waals surface area contributed by atoms with Crippen molar-refractivity contribution in [3.05, 3.63) is 11.6 Å². The molecule has 3 unspecified atom stereocenters. The van der Waals surface area contributed by atoms with E-state index in [4.69, 9.17) is 5.11 Å². The van der Waals surface area contributed by atoms with Gasteiger partial charge in [-0.2, -0.15) is 0 Å². The topological polar surface area (TPSA) is 74.6 Å². The lowest BCUT2D eigenvalue weighted by Crippen LogP contribution is -2.26. The molecule has 0 aliphatic heterocycles. The van der Waals surface area contributed by atoms with Crippen LogP contribution >= 0.6 is 0 Å². The van der Waals surface area contributed by atoms with Crippen LogP contribution in [0.1, 0.15) is 33.1 Å². The van der Waals surface area contributed by atoms with Crippen molar-refractivity contribution in [3.63, 3.8) is 0 Å². The first-order chi connectivity index (χ1) is 7.41. The first-order valence-electron chi connectivity index (χ1n) is 5.56. The number of hydrogen-bond donors (Lipinski definition) is 2. The largest absolute Gasteiger partial charge is 0.481 e. The van der Waals surface area contributed by atoms with Crippen molar-refractivity contribution in [3.8, 4) is 0 Å². The highest BCUT2D eigenvalue weighted by Gasteiger charge is 2.25. The molecule has 0 heterocycles. The summed E-state index contributed by atoms with van der Waals surface area (Å²) in [6, 6.07) is 0. The van der Waals surface area contributed by atoms with Crippen LogP contribution in [0.3, 0.4) is 0 Å². The summed E-state index contributed by atoms with van der Waals surface area (Å²) >= 11 is 0. The molecule has 0 spiro atoms. The lowest BCUT2D eigenvalue weighted by atomic mass is 9.85. The minimum atomic E-state index is -0.849. The smallest absolute Gasteiger partial charge is 0.306 e. The zero-order chi connectivity index (χ0) is 12.3. The number of aliphatic hydroxyl groups excluding tert-OH is 1. The standard InChI is InChI=1S/C12H18O4/c1-7(12(15)16)3-4-9-6-10(13)8(2)5-11(9)14/h6-8,10,13H,3-5H2,1-2H3,(H,15,16). The highest BCUT2D eigenvalue weighted by atomic mass is 16.4. The quantitative estimate of drug-likeness (QED) is 0.759. The molecule has 4 nitrogen and oxygen atoms in total. The lowest BCUT2D eigenvalue weighted by Gasteiger charge is -2.22. The van der Waals surface area contributed by atoms with E-state index in [1.807, 2.05) is 6.92 Å². The van der Waals surface area contributed by atoms with Gasteiger partial charge in [0.1, 0.15) is 0 Å². The van der Waals surface area contributed by atoms with E-state index in [2.05, 4.69) is 0 Å². The molecule has 0 aromatic rings. The van der Waals surface area contributed by atoms with E-state index in [1.54, 1.807) is 13.0 Å². The number of Topliss-reactive ketones (excluding diaryl/α,β-unsaturated/α-hetero) is 1. The number of aliphatic hydroxyl groups is 1. The van der Waals surface area contributed by atoms with Gasteiger partial charge in [0.25, 0.3) is 0 Å². The average Bonchev–Trinajstić information content (AvgIpc) is 2.20. The minimum Gasteiger partial charge on any atom is -0.481 e. The fourth-order valence-corrected chi connectivity index (χ4v) is 1.73. The van der Waals surface area contributed by atoms with Crippen LogP contribution in [0.5, 0.6) is 0 Å². The molecule has 1 rings (SSSR count). The summed E-state index contributed by atoms with van der Waals surface area (Å²) in [7, 11) is 0. The van der Waals surface area contributed by atoms with E-state index in [1.165, 1.54) is 0 Å². The van der Waals surface area contributed by atoms with Gasteiger partial charge in [-0.1, -0.05) is 13.8 Å². The molecular weight excluding hydrogens is 208 g/mol. The first-order valence-corrected chi connectivity index (χ1v) is 5.56. The van der Waals surface area contributed by atoms with Gasteiger partial charge in [0, 0.05) is 6.42 Å². The molecule has 1 aliphatic carbocycles.